The molecule has 9 heteroatoms. The van der Waals surface area contributed by atoms with Gasteiger partial charge in [0.25, 0.3) is 5.56 Å². The Kier molecular flexibility index (Phi) is 6.89. The van der Waals surface area contributed by atoms with Crippen LogP contribution in [0.15, 0.2) is 75.2 Å². The molecule has 1 unspecified atom stereocenters. The van der Waals surface area contributed by atoms with Crippen LogP contribution in [0.25, 0.3) is 10.9 Å². The third kappa shape index (κ3) is 5.01. The number of hydrogen-bond acceptors (Lipinski definition) is 5. The number of nitrogens with zero attached hydrogens (tertiary/aromatic N) is 2. The smallest absolute Gasteiger partial charge is 0.262 e. The Labute approximate surface area is 198 Å². The van der Waals surface area contributed by atoms with E-state index in [0.29, 0.717) is 31.9 Å². The van der Waals surface area contributed by atoms with Crippen molar-refractivity contribution in [2.24, 2.45) is 0 Å². The summed E-state index contributed by atoms with van der Waals surface area (Å²) in [5.41, 5.74) is 1.25. The van der Waals surface area contributed by atoms with Crippen LogP contribution in [-0.4, -0.2) is 21.2 Å². The van der Waals surface area contributed by atoms with E-state index >= 15 is 0 Å². The second kappa shape index (κ2) is 9.81. The number of thioether (sulfide) groups is 1. The quantitative estimate of drug-likeness (QED) is 0.282. The summed E-state index contributed by atoms with van der Waals surface area (Å²) in [5.74, 6) is 0.526. The van der Waals surface area contributed by atoms with Gasteiger partial charge in [-0.15, -0.1) is 0 Å². The summed E-state index contributed by atoms with van der Waals surface area (Å²) in [7, 11) is 0. The monoisotopic (exact) mass is 487 g/mol. The van der Waals surface area contributed by atoms with Crippen LogP contribution in [0.1, 0.15) is 24.3 Å². The maximum atomic E-state index is 13.1. The third-order valence-corrected chi connectivity index (χ3v) is 6.59. The Bertz CT molecular complexity index is 1320. The topological polar surface area (TPSA) is 77.1 Å². The Hall–Kier alpha value is -2.74. The van der Waals surface area contributed by atoms with E-state index in [0.717, 1.165) is 5.56 Å². The second-order valence-corrected chi connectivity index (χ2v) is 8.89. The van der Waals surface area contributed by atoms with Crippen LogP contribution in [0.4, 0.5) is 0 Å². The molecule has 0 aliphatic rings. The fourth-order valence-corrected chi connectivity index (χ4v) is 4.35. The summed E-state index contributed by atoms with van der Waals surface area (Å²) < 4.78 is 6.94. The van der Waals surface area contributed by atoms with Crippen LogP contribution >= 0.6 is 35.0 Å². The van der Waals surface area contributed by atoms with E-state index in [9.17, 15) is 9.59 Å². The van der Waals surface area contributed by atoms with Gasteiger partial charge in [-0.3, -0.25) is 14.2 Å². The molecule has 6 nitrogen and oxygen atoms in total. The van der Waals surface area contributed by atoms with Gasteiger partial charge < -0.3 is 9.73 Å². The summed E-state index contributed by atoms with van der Waals surface area (Å²) in [6.45, 7) is 2.09. The lowest BCUT2D eigenvalue weighted by Crippen LogP contribution is -2.29. The number of nitrogens with one attached hydrogen (secondary N) is 1. The van der Waals surface area contributed by atoms with E-state index in [1.54, 1.807) is 48.7 Å². The molecule has 4 rings (SSSR count). The normalized spacial score (nSPS) is 12.1. The van der Waals surface area contributed by atoms with Crippen LogP contribution in [0, 0.1) is 0 Å². The molecule has 0 aliphatic carbocycles. The van der Waals surface area contributed by atoms with Crippen LogP contribution in [0.5, 0.6) is 0 Å². The molecule has 4 aromatic rings. The van der Waals surface area contributed by atoms with Crippen molar-refractivity contribution in [1.29, 1.82) is 0 Å². The molecular formula is C23H19Cl2N3O3S. The zero-order valence-corrected chi connectivity index (χ0v) is 19.4. The number of aromatic nitrogens is 2. The van der Waals surface area contributed by atoms with Crippen molar-refractivity contribution in [3.8, 4) is 0 Å². The third-order valence-electron chi connectivity index (χ3n) is 4.87. The van der Waals surface area contributed by atoms with E-state index in [1.165, 1.54) is 16.3 Å². The molecule has 2 aromatic heterocycles. The van der Waals surface area contributed by atoms with Crippen molar-refractivity contribution in [2.75, 3.05) is 5.75 Å². The van der Waals surface area contributed by atoms with Crippen LogP contribution in [0.2, 0.25) is 10.0 Å². The molecular weight excluding hydrogens is 469 g/mol. The van der Waals surface area contributed by atoms with Gasteiger partial charge in [-0.2, -0.15) is 0 Å². The lowest BCUT2D eigenvalue weighted by molar-refractivity contribution is -0.119. The molecule has 1 N–H and O–H groups in total. The standard InChI is InChI=1S/C23H19Cl2N3O3S/c1-14(15-8-9-18(24)19(25)11-15)26-21(29)13-32-23-27-20-7-3-2-6-17(20)22(30)28(23)12-16-5-4-10-31-16/h2-11,14H,12-13H2,1H3,(H,26,29). The molecule has 0 saturated heterocycles. The molecule has 0 fully saturated rings. The SMILES string of the molecule is CC(NC(=O)CSc1nc2ccccc2c(=O)n1Cc1ccco1)c1ccc(Cl)c(Cl)c1. The molecule has 0 spiro atoms. The second-order valence-electron chi connectivity index (χ2n) is 7.13. The summed E-state index contributed by atoms with van der Waals surface area (Å²) in [5, 5.41) is 4.79. The van der Waals surface area contributed by atoms with E-state index in [4.69, 9.17) is 27.6 Å². The Morgan fingerprint density at radius 1 is 1.16 bits per heavy atom. The molecule has 0 radical (unpaired) electrons. The van der Waals surface area contributed by atoms with Crippen molar-refractivity contribution in [2.45, 2.75) is 24.7 Å². The van der Waals surface area contributed by atoms with Gasteiger partial charge in [0.2, 0.25) is 5.91 Å². The summed E-state index contributed by atoms with van der Waals surface area (Å²) in [6.07, 6.45) is 1.56. The molecule has 0 saturated carbocycles. The first kappa shape index (κ1) is 22.5. The minimum Gasteiger partial charge on any atom is -0.467 e. The van der Waals surface area contributed by atoms with E-state index < -0.39 is 0 Å². The number of hydrogen-bond donors (Lipinski definition) is 1. The highest BCUT2D eigenvalue weighted by atomic mass is 35.5. The highest BCUT2D eigenvalue weighted by molar-refractivity contribution is 7.99. The molecule has 0 bridgehead atoms. The summed E-state index contributed by atoms with van der Waals surface area (Å²) in [4.78, 5) is 30.3. The Morgan fingerprint density at radius 3 is 2.72 bits per heavy atom. The first-order chi connectivity index (χ1) is 15.4. The summed E-state index contributed by atoms with van der Waals surface area (Å²) >= 11 is 13.2. The molecule has 32 heavy (non-hydrogen) atoms. The van der Waals surface area contributed by atoms with Crippen molar-refractivity contribution < 1.29 is 9.21 Å². The Morgan fingerprint density at radius 2 is 1.97 bits per heavy atom. The van der Waals surface area contributed by atoms with Gasteiger partial charge in [-0.25, -0.2) is 4.98 Å². The lowest BCUT2D eigenvalue weighted by atomic mass is 10.1. The number of furan rings is 1. The predicted octanol–water partition coefficient (Wildman–Crippen LogP) is 5.31. The van der Waals surface area contributed by atoms with Crippen molar-refractivity contribution in [3.63, 3.8) is 0 Å². The number of fused-ring (bicyclic) bond motifs is 1. The van der Waals surface area contributed by atoms with E-state index in [-0.39, 0.29) is 29.8 Å². The number of carbonyl (C=O) groups excluding carboxylic acids is 1. The highest BCUT2D eigenvalue weighted by Crippen LogP contribution is 2.26. The minimum atomic E-state index is -0.257. The van der Waals surface area contributed by atoms with Gasteiger partial charge in [0.1, 0.15) is 5.76 Å². The number of carbonyl (C=O) groups is 1. The van der Waals surface area contributed by atoms with Crippen molar-refractivity contribution in [1.82, 2.24) is 14.9 Å². The maximum Gasteiger partial charge on any atom is 0.262 e. The number of para-hydroxylation sites is 1. The zero-order valence-electron chi connectivity index (χ0n) is 17.0. The summed E-state index contributed by atoms with van der Waals surface area (Å²) in [6, 6.07) is 15.7. The van der Waals surface area contributed by atoms with Gasteiger partial charge in [0.15, 0.2) is 5.16 Å². The molecule has 1 amide bonds. The van der Waals surface area contributed by atoms with Crippen LogP contribution in [-0.2, 0) is 11.3 Å². The maximum absolute atomic E-state index is 13.1. The number of halogens is 2. The zero-order chi connectivity index (χ0) is 22.7. The van der Waals surface area contributed by atoms with E-state index in [2.05, 4.69) is 10.3 Å². The Balaban J connectivity index is 1.53. The largest absolute Gasteiger partial charge is 0.467 e. The molecule has 1 atom stereocenters. The van der Waals surface area contributed by atoms with Gasteiger partial charge in [0.05, 0.1) is 45.6 Å². The van der Waals surface area contributed by atoms with E-state index in [1.807, 2.05) is 19.1 Å². The predicted molar refractivity (Wildman–Crippen MR) is 128 cm³/mol. The fourth-order valence-electron chi connectivity index (χ4n) is 3.23. The first-order valence-corrected chi connectivity index (χ1v) is 11.6. The fraction of sp³-hybridized carbons (Fsp3) is 0.174. The minimum absolute atomic E-state index is 0.0919. The molecule has 2 aromatic carbocycles. The number of amides is 1. The van der Waals surface area contributed by atoms with Crippen LogP contribution in [0.3, 0.4) is 0 Å². The number of rotatable bonds is 7. The van der Waals surface area contributed by atoms with Gasteiger partial charge in [-0.05, 0) is 48.9 Å². The average Bonchev–Trinajstić information content (AvgIpc) is 3.29. The highest BCUT2D eigenvalue weighted by Gasteiger charge is 2.16. The molecule has 0 aliphatic heterocycles. The van der Waals surface area contributed by atoms with Crippen LogP contribution < -0.4 is 10.9 Å². The van der Waals surface area contributed by atoms with Gasteiger partial charge in [-0.1, -0.05) is 53.2 Å². The molecule has 2 heterocycles. The average molecular weight is 488 g/mol. The number of benzene rings is 2. The molecule has 164 valence electrons. The van der Waals surface area contributed by atoms with Gasteiger partial charge >= 0.3 is 0 Å². The van der Waals surface area contributed by atoms with Crippen molar-refractivity contribution in [3.05, 3.63) is 92.6 Å². The van der Waals surface area contributed by atoms with Crippen molar-refractivity contribution >= 4 is 51.8 Å². The lowest BCUT2D eigenvalue weighted by Gasteiger charge is -2.16. The first-order valence-electron chi connectivity index (χ1n) is 9.81. The van der Waals surface area contributed by atoms with Gasteiger partial charge in [0, 0.05) is 0 Å².